The van der Waals surface area contributed by atoms with Crippen LogP contribution in [0.5, 0.6) is 0 Å². The van der Waals surface area contributed by atoms with Gasteiger partial charge in [-0.15, -0.1) is 5.10 Å². The summed E-state index contributed by atoms with van der Waals surface area (Å²) in [5.41, 5.74) is -0.756. The smallest absolute Gasteiger partial charge is 0.385 e. The van der Waals surface area contributed by atoms with Crippen LogP contribution in [0.2, 0.25) is 15.2 Å². The van der Waals surface area contributed by atoms with Crippen molar-refractivity contribution in [2.24, 2.45) is 0 Å². The lowest BCUT2D eigenvalue weighted by Gasteiger charge is -2.16. The number of aromatic nitrogens is 5. The van der Waals surface area contributed by atoms with Gasteiger partial charge in [-0.25, -0.2) is 18.9 Å². The Bertz CT molecular complexity index is 1530. The van der Waals surface area contributed by atoms with Gasteiger partial charge >= 0.3 is 11.9 Å². The fraction of sp³-hybridized carbons (Fsp3) is 0.261. The average Bonchev–Trinajstić information content (AvgIpc) is 3.36. The van der Waals surface area contributed by atoms with Crippen LogP contribution in [-0.2, 0) is 13.1 Å². The lowest BCUT2D eigenvalue weighted by Crippen LogP contribution is -2.37. The third-order valence-electron chi connectivity index (χ3n) is 5.50. The van der Waals surface area contributed by atoms with E-state index < -0.39 is 43.0 Å². The summed E-state index contributed by atoms with van der Waals surface area (Å²) in [6, 6.07) is 9.30. The molecule has 0 radical (unpaired) electrons. The molecule has 4 rings (SSSR count). The van der Waals surface area contributed by atoms with Crippen LogP contribution in [0.25, 0.3) is 16.9 Å². The van der Waals surface area contributed by atoms with Crippen molar-refractivity contribution in [3.63, 3.8) is 0 Å². The Morgan fingerprint density at radius 3 is 2.29 bits per heavy atom. The highest BCUT2D eigenvalue weighted by Crippen LogP contribution is 2.31. The van der Waals surface area contributed by atoms with E-state index in [9.17, 15) is 32.6 Å². The lowest BCUT2D eigenvalue weighted by molar-refractivity contribution is -0.207. The van der Waals surface area contributed by atoms with Gasteiger partial charge in [-0.2, -0.15) is 13.2 Å². The largest absolute Gasteiger partial charge is 0.416 e. The van der Waals surface area contributed by atoms with E-state index in [0.29, 0.717) is 9.59 Å². The summed E-state index contributed by atoms with van der Waals surface area (Å²) in [6.07, 6.45) is -9.05. The zero-order valence-corrected chi connectivity index (χ0v) is 21.6. The molecule has 2 heterocycles. The second kappa shape index (κ2) is 10.7. The molecule has 0 fully saturated rings. The molecule has 8 nitrogen and oxygen atoms in total. The minimum absolute atomic E-state index is 0.0403. The monoisotopic (exact) mass is 593 g/mol. The Labute approximate surface area is 227 Å². The normalized spacial score (nSPS) is 13.6. The first-order valence-corrected chi connectivity index (χ1v) is 12.0. The van der Waals surface area contributed by atoms with Crippen molar-refractivity contribution in [3.05, 3.63) is 85.6 Å². The molecule has 2 atom stereocenters. The number of rotatable bonds is 7. The summed E-state index contributed by atoms with van der Waals surface area (Å²) >= 11 is 18.6. The zero-order valence-electron chi connectivity index (χ0n) is 19.3. The molecule has 4 aromatic rings. The molecule has 0 aliphatic rings. The summed E-state index contributed by atoms with van der Waals surface area (Å²) in [5, 5.41) is 24.3. The van der Waals surface area contributed by atoms with E-state index in [-0.39, 0.29) is 38.8 Å². The molecule has 0 aliphatic heterocycles. The first kappa shape index (κ1) is 28.1. The van der Waals surface area contributed by atoms with Gasteiger partial charge in [-0.3, -0.25) is 9.13 Å². The standard InChI is InChI=1S/C23H18Cl3F4N5O3/c1-11(36)21-31-18(32-35(21)16-8-14(27)6-7-15(16)25)10-34-20(26)19(12-2-4-13(24)5-3-12)33(22(34)38)9-17(37)23(28,29)30/h2-8,11,17,36-37H,9-10H2,1H3/t11-,17-/m0/s1. The van der Waals surface area contributed by atoms with Gasteiger partial charge < -0.3 is 10.2 Å². The fourth-order valence-corrected chi connectivity index (χ4v) is 4.37. The van der Waals surface area contributed by atoms with Crippen LogP contribution in [-0.4, -0.2) is 46.4 Å². The molecular formula is C23H18Cl3F4N5O3. The summed E-state index contributed by atoms with van der Waals surface area (Å²) in [4.78, 5) is 17.5. The van der Waals surface area contributed by atoms with Crippen molar-refractivity contribution in [1.29, 1.82) is 0 Å². The number of halogens is 7. The van der Waals surface area contributed by atoms with Crippen molar-refractivity contribution >= 4 is 34.8 Å². The first-order chi connectivity index (χ1) is 17.8. The molecule has 15 heteroatoms. The van der Waals surface area contributed by atoms with E-state index in [2.05, 4.69) is 10.1 Å². The molecule has 0 saturated heterocycles. The highest BCUT2D eigenvalue weighted by Gasteiger charge is 2.39. The summed E-state index contributed by atoms with van der Waals surface area (Å²) < 4.78 is 56.0. The Morgan fingerprint density at radius 1 is 1.03 bits per heavy atom. The molecule has 0 bridgehead atoms. The van der Waals surface area contributed by atoms with Gasteiger partial charge in [0, 0.05) is 16.7 Å². The molecule has 0 aliphatic carbocycles. The number of benzene rings is 2. The van der Waals surface area contributed by atoms with Gasteiger partial charge in [0.2, 0.25) is 0 Å². The number of alkyl halides is 3. The maximum atomic E-state index is 13.9. The van der Waals surface area contributed by atoms with Crippen molar-refractivity contribution in [3.8, 4) is 16.9 Å². The van der Waals surface area contributed by atoms with Crippen molar-refractivity contribution < 1.29 is 27.8 Å². The number of nitrogens with zero attached hydrogens (tertiary/aromatic N) is 5. The van der Waals surface area contributed by atoms with Crippen LogP contribution in [0.1, 0.15) is 24.7 Å². The van der Waals surface area contributed by atoms with Gasteiger partial charge in [-0.05, 0) is 31.2 Å². The number of aliphatic hydroxyl groups is 2. The zero-order chi connectivity index (χ0) is 27.9. The quantitative estimate of drug-likeness (QED) is 0.293. The molecule has 38 heavy (non-hydrogen) atoms. The highest BCUT2D eigenvalue weighted by molar-refractivity contribution is 6.32. The maximum Gasteiger partial charge on any atom is 0.416 e. The van der Waals surface area contributed by atoms with Crippen LogP contribution in [0.15, 0.2) is 47.3 Å². The molecule has 2 aromatic carbocycles. The van der Waals surface area contributed by atoms with Crippen molar-refractivity contribution in [1.82, 2.24) is 23.9 Å². The van der Waals surface area contributed by atoms with E-state index in [4.69, 9.17) is 34.8 Å². The number of hydrogen-bond donors (Lipinski definition) is 2. The lowest BCUT2D eigenvalue weighted by atomic mass is 10.1. The Morgan fingerprint density at radius 2 is 1.68 bits per heavy atom. The maximum absolute atomic E-state index is 13.9. The topological polar surface area (TPSA) is 98.1 Å². The Balaban J connectivity index is 1.84. The second-order valence-electron chi connectivity index (χ2n) is 8.25. The molecule has 0 unspecified atom stereocenters. The van der Waals surface area contributed by atoms with E-state index in [0.717, 1.165) is 21.4 Å². The predicted molar refractivity (Wildman–Crippen MR) is 132 cm³/mol. The Hall–Kier alpha value is -2.90. The highest BCUT2D eigenvalue weighted by atomic mass is 35.5. The fourth-order valence-electron chi connectivity index (χ4n) is 3.70. The van der Waals surface area contributed by atoms with Crippen molar-refractivity contribution in [2.45, 2.75) is 38.4 Å². The first-order valence-electron chi connectivity index (χ1n) is 10.9. The third-order valence-corrected chi connectivity index (χ3v) is 6.46. The van der Waals surface area contributed by atoms with Gasteiger partial charge in [-0.1, -0.05) is 46.9 Å². The molecule has 0 saturated carbocycles. The van der Waals surface area contributed by atoms with Crippen molar-refractivity contribution in [2.75, 3.05) is 0 Å². The number of imidazole rings is 1. The second-order valence-corrected chi connectivity index (χ2v) is 9.45. The molecule has 202 valence electrons. The Kier molecular flexibility index (Phi) is 7.91. The van der Waals surface area contributed by atoms with Gasteiger partial charge in [0.25, 0.3) is 0 Å². The minimum Gasteiger partial charge on any atom is -0.385 e. The van der Waals surface area contributed by atoms with Crippen LogP contribution in [0.3, 0.4) is 0 Å². The minimum atomic E-state index is -5.00. The van der Waals surface area contributed by atoms with E-state index in [1.54, 1.807) is 0 Å². The molecule has 0 amide bonds. The number of aliphatic hydroxyl groups excluding tert-OH is 2. The van der Waals surface area contributed by atoms with Gasteiger partial charge in [0.05, 0.1) is 29.5 Å². The van der Waals surface area contributed by atoms with Crippen LogP contribution in [0, 0.1) is 5.82 Å². The molecule has 2 aromatic heterocycles. The van der Waals surface area contributed by atoms with Crippen LogP contribution < -0.4 is 5.69 Å². The molecule has 2 N–H and O–H groups in total. The van der Waals surface area contributed by atoms with E-state index in [1.165, 1.54) is 37.3 Å². The average molecular weight is 595 g/mol. The van der Waals surface area contributed by atoms with Crippen LogP contribution in [0.4, 0.5) is 17.6 Å². The third kappa shape index (κ3) is 5.59. The van der Waals surface area contributed by atoms with Crippen LogP contribution >= 0.6 is 34.8 Å². The van der Waals surface area contributed by atoms with Gasteiger partial charge in [0.15, 0.2) is 17.8 Å². The summed E-state index contributed by atoms with van der Waals surface area (Å²) in [7, 11) is 0. The van der Waals surface area contributed by atoms with Gasteiger partial charge in [0.1, 0.15) is 17.1 Å². The van der Waals surface area contributed by atoms with E-state index in [1.807, 2.05) is 0 Å². The summed E-state index contributed by atoms with van der Waals surface area (Å²) in [6.45, 7) is -0.190. The predicted octanol–water partition coefficient (Wildman–Crippen LogP) is 5.02. The summed E-state index contributed by atoms with van der Waals surface area (Å²) in [5.74, 6) is -0.756. The molecule has 0 spiro atoms. The van der Waals surface area contributed by atoms with E-state index >= 15 is 0 Å². The number of hydrogen-bond acceptors (Lipinski definition) is 5. The molecular weight excluding hydrogens is 577 g/mol. The SMILES string of the molecule is C[C@H](O)c1nc(Cn2c(Cl)c(-c3ccc(Cl)cc3)n(C[C@H](O)C(F)(F)F)c2=O)nn1-c1cc(F)ccc1Cl.